The minimum absolute atomic E-state index is 0.0398. The molecule has 1 aromatic heterocycles. The monoisotopic (exact) mass is 475 g/mol. The Balaban J connectivity index is 1.65. The molecule has 2 heterocycles. The van der Waals surface area contributed by atoms with Gasteiger partial charge in [-0.05, 0) is 50.3 Å². The van der Waals surface area contributed by atoms with Crippen molar-refractivity contribution in [2.24, 2.45) is 0 Å². The summed E-state index contributed by atoms with van der Waals surface area (Å²) >= 11 is 7.63. The van der Waals surface area contributed by atoms with E-state index in [4.69, 9.17) is 11.6 Å². The van der Waals surface area contributed by atoms with Crippen LogP contribution in [-0.4, -0.2) is 51.0 Å². The molecule has 1 saturated heterocycles. The smallest absolute Gasteiger partial charge is 0.324 e. The fourth-order valence-electron chi connectivity index (χ4n) is 3.74. The predicted octanol–water partition coefficient (Wildman–Crippen LogP) is 4.90. The molecule has 170 valence electrons. The van der Waals surface area contributed by atoms with Crippen molar-refractivity contribution >= 4 is 35.0 Å². The Bertz CT molecular complexity index is 921. The number of nitrogens with one attached hydrogen (secondary N) is 1. The molecule has 6 nitrogen and oxygen atoms in total. The number of benzene rings is 1. The zero-order valence-electron chi connectivity index (χ0n) is 17.4. The van der Waals surface area contributed by atoms with Crippen LogP contribution in [0, 0.1) is 0 Å². The summed E-state index contributed by atoms with van der Waals surface area (Å²) in [7, 11) is 0. The number of aromatic nitrogens is 3. The van der Waals surface area contributed by atoms with Crippen molar-refractivity contribution in [2.75, 3.05) is 30.7 Å². The van der Waals surface area contributed by atoms with Gasteiger partial charge in [0.05, 0.1) is 22.8 Å². The van der Waals surface area contributed by atoms with Gasteiger partial charge in [0.1, 0.15) is 5.82 Å². The van der Waals surface area contributed by atoms with Gasteiger partial charge < -0.3 is 9.88 Å². The number of nitrogens with zero attached hydrogens (tertiary/aromatic N) is 4. The van der Waals surface area contributed by atoms with E-state index in [0.29, 0.717) is 6.54 Å². The molecule has 0 bridgehead atoms. The zero-order valence-corrected chi connectivity index (χ0v) is 18.9. The van der Waals surface area contributed by atoms with Crippen molar-refractivity contribution in [3.63, 3.8) is 0 Å². The molecule has 1 N–H and O–H groups in total. The summed E-state index contributed by atoms with van der Waals surface area (Å²) in [6.45, 7) is 6.33. The first-order valence-electron chi connectivity index (χ1n) is 10.2. The van der Waals surface area contributed by atoms with Crippen molar-refractivity contribution in [3.05, 3.63) is 34.6 Å². The summed E-state index contributed by atoms with van der Waals surface area (Å²) in [4.78, 5) is 14.5. The predicted molar refractivity (Wildman–Crippen MR) is 116 cm³/mol. The largest absolute Gasteiger partial charge is 0.416 e. The number of rotatable bonds is 7. The molecule has 31 heavy (non-hydrogen) atoms. The van der Waals surface area contributed by atoms with Crippen molar-refractivity contribution in [3.8, 4) is 0 Å². The Morgan fingerprint density at radius 1 is 1.32 bits per heavy atom. The zero-order chi connectivity index (χ0) is 22.6. The Morgan fingerprint density at radius 3 is 2.77 bits per heavy atom. The molecule has 1 aromatic carbocycles. The number of amides is 1. The van der Waals surface area contributed by atoms with Gasteiger partial charge in [0.15, 0.2) is 5.16 Å². The molecule has 0 radical (unpaired) electrons. The van der Waals surface area contributed by atoms with E-state index in [-0.39, 0.29) is 23.2 Å². The Morgan fingerprint density at radius 2 is 2.10 bits per heavy atom. The van der Waals surface area contributed by atoms with Gasteiger partial charge in [-0.1, -0.05) is 30.3 Å². The number of hydrogen-bond donors (Lipinski definition) is 1. The second kappa shape index (κ2) is 10.2. The van der Waals surface area contributed by atoms with Crippen molar-refractivity contribution in [1.82, 2.24) is 19.7 Å². The van der Waals surface area contributed by atoms with E-state index in [2.05, 4.69) is 33.9 Å². The van der Waals surface area contributed by atoms with Gasteiger partial charge in [-0.15, -0.1) is 10.2 Å². The van der Waals surface area contributed by atoms with Gasteiger partial charge in [0, 0.05) is 19.0 Å². The van der Waals surface area contributed by atoms with Gasteiger partial charge >= 0.3 is 6.18 Å². The topological polar surface area (TPSA) is 63.1 Å². The van der Waals surface area contributed by atoms with E-state index >= 15 is 0 Å². The first-order chi connectivity index (χ1) is 14.7. The molecule has 0 spiro atoms. The number of carbonyl (C=O) groups is 1. The Labute approximate surface area is 188 Å². The number of carbonyl (C=O) groups excluding carboxylic acids is 1. The molecular formula is C20H25ClF3N5OS. The number of piperidine rings is 1. The maximum absolute atomic E-state index is 12.9. The van der Waals surface area contributed by atoms with Gasteiger partial charge in [0.25, 0.3) is 0 Å². The SMILES string of the molecule is CCSc1nnc([C@H]2CCCN(CC(=O)Nc3cc(C(F)(F)F)ccc3Cl)C2)n1CC. The number of hydrogen-bond acceptors (Lipinski definition) is 5. The van der Waals surface area contributed by atoms with Gasteiger partial charge in [-0.25, -0.2) is 0 Å². The number of halogens is 4. The van der Waals surface area contributed by atoms with Crippen molar-refractivity contribution < 1.29 is 18.0 Å². The molecule has 1 aliphatic rings. The number of anilines is 1. The van der Waals surface area contributed by atoms with Crippen LogP contribution in [-0.2, 0) is 17.5 Å². The van der Waals surface area contributed by atoms with E-state index < -0.39 is 17.6 Å². The van der Waals surface area contributed by atoms with Crippen molar-refractivity contribution in [2.45, 2.75) is 50.5 Å². The quantitative estimate of drug-likeness (QED) is 0.577. The van der Waals surface area contributed by atoms with Gasteiger partial charge in [-0.2, -0.15) is 13.2 Å². The van der Waals surface area contributed by atoms with Crippen LogP contribution in [0.2, 0.25) is 5.02 Å². The van der Waals surface area contributed by atoms with E-state index in [1.165, 1.54) is 0 Å². The number of alkyl halides is 3. The normalized spacial score (nSPS) is 17.7. The standard InChI is InChI=1S/C20H25ClF3N5OS/c1-3-29-18(26-27-19(29)31-4-2)13-6-5-9-28(11-13)12-17(30)25-16-10-14(20(22,23)24)7-8-15(16)21/h7-8,10,13H,3-6,9,11-12H2,1-2H3,(H,25,30)/t13-/m0/s1. The van der Waals surface area contributed by atoms with Crippen LogP contribution in [0.25, 0.3) is 0 Å². The van der Waals surface area contributed by atoms with E-state index in [1.54, 1.807) is 11.8 Å². The second-order valence-electron chi connectivity index (χ2n) is 7.33. The molecule has 1 atom stereocenters. The molecule has 0 saturated carbocycles. The van der Waals surface area contributed by atoms with Gasteiger partial charge in [-0.3, -0.25) is 9.69 Å². The molecule has 11 heteroatoms. The second-order valence-corrected chi connectivity index (χ2v) is 8.97. The highest BCUT2D eigenvalue weighted by atomic mass is 35.5. The van der Waals surface area contributed by atoms with Crippen molar-refractivity contribution in [1.29, 1.82) is 0 Å². The molecule has 0 aliphatic carbocycles. The van der Waals surface area contributed by atoms with Crippen LogP contribution < -0.4 is 5.32 Å². The lowest BCUT2D eigenvalue weighted by Crippen LogP contribution is -2.40. The molecule has 0 unspecified atom stereocenters. The van der Waals surface area contributed by atoms with Gasteiger partial charge in [0.2, 0.25) is 5.91 Å². The molecule has 3 rings (SSSR count). The van der Waals surface area contributed by atoms with Crippen LogP contribution in [0.4, 0.5) is 18.9 Å². The molecule has 2 aromatic rings. The first-order valence-corrected chi connectivity index (χ1v) is 11.5. The fourth-order valence-corrected chi connectivity index (χ4v) is 4.64. The average Bonchev–Trinajstić information content (AvgIpc) is 3.12. The summed E-state index contributed by atoms with van der Waals surface area (Å²) in [5, 5.41) is 12.2. The maximum Gasteiger partial charge on any atom is 0.416 e. The highest BCUT2D eigenvalue weighted by Gasteiger charge is 2.31. The highest BCUT2D eigenvalue weighted by Crippen LogP contribution is 2.34. The lowest BCUT2D eigenvalue weighted by Gasteiger charge is -2.31. The highest BCUT2D eigenvalue weighted by molar-refractivity contribution is 7.99. The third-order valence-electron chi connectivity index (χ3n) is 5.14. The maximum atomic E-state index is 12.9. The summed E-state index contributed by atoms with van der Waals surface area (Å²) in [5.41, 5.74) is -0.896. The van der Waals surface area contributed by atoms with Crippen LogP contribution in [0.5, 0.6) is 0 Å². The summed E-state index contributed by atoms with van der Waals surface area (Å²) in [6.07, 6.45) is -2.66. The van der Waals surface area contributed by atoms with Crippen LogP contribution in [0.1, 0.15) is 44.0 Å². The molecular weight excluding hydrogens is 451 g/mol. The Hall–Kier alpha value is -1.78. The summed E-state index contributed by atoms with van der Waals surface area (Å²) in [6, 6.07) is 2.89. The third kappa shape index (κ3) is 5.93. The van der Waals surface area contributed by atoms with Crippen LogP contribution in [0.15, 0.2) is 23.4 Å². The lowest BCUT2D eigenvalue weighted by atomic mass is 9.97. The molecule has 1 aliphatic heterocycles. The average molecular weight is 476 g/mol. The van der Waals surface area contributed by atoms with Crippen LogP contribution in [0.3, 0.4) is 0 Å². The first kappa shape index (κ1) is 23.9. The minimum atomic E-state index is -4.51. The van der Waals surface area contributed by atoms with E-state index in [9.17, 15) is 18.0 Å². The third-order valence-corrected chi connectivity index (χ3v) is 6.32. The fraction of sp³-hybridized carbons (Fsp3) is 0.550. The van der Waals surface area contributed by atoms with E-state index in [0.717, 1.165) is 60.9 Å². The van der Waals surface area contributed by atoms with E-state index in [1.807, 2.05) is 4.90 Å². The Kier molecular flexibility index (Phi) is 7.87. The lowest BCUT2D eigenvalue weighted by molar-refractivity contribution is -0.137. The van der Waals surface area contributed by atoms with Crippen LogP contribution >= 0.6 is 23.4 Å². The summed E-state index contributed by atoms with van der Waals surface area (Å²) < 4.78 is 41.0. The number of thioether (sulfide) groups is 1. The molecule has 1 amide bonds. The minimum Gasteiger partial charge on any atom is -0.324 e. The molecule has 1 fully saturated rings. The summed E-state index contributed by atoms with van der Waals surface area (Å²) in [5.74, 6) is 1.58. The number of likely N-dealkylation sites (tertiary alicyclic amines) is 1.